The van der Waals surface area contributed by atoms with Crippen LogP contribution in [0.2, 0.25) is 0 Å². The summed E-state index contributed by atoms with van der Waals surface area (Å²) in [4.78, 5) is 13.8. The van der Waals surface area contributed by atoms with Gasteiger partial charge in [0.1, 0.15) is 11.4 Å². The molecular formula is C17H27FN2O2. The number of carbonyl (C=O) groups excluding carboxylic acids is 1. The molecule has 0 spiro atoms. The number of hydrogen-bond donors (Lipinski definition) is 1. The maximum absolute atomic E-state index is 13.1. The number of amides is 1. The van der Waals surface area contributed by atoms with E-state index in [9.17, 15) is 9.18 Å². The van der Waals surface area contributed by atoms with Crippen LogP contribution in [0.15, 0.2) is 24.3 Å². The highest BCUT2D eigenvalue weighted by Gasteiger charge is 2.23. The lowest BCUT2D eigenvalue weighted by atomic mass is 10.2. The van der Waals surface area contributed by atoms with E-state index >= 15 is 0 Å². The van der Waals surface area contributed by atoms with Crippen molar-refractivity contribution in [2.45, 2.75) is 52.8 Å². The average Bonchev–Trinajstić information content (AvgIpc) is 2.35. The van der Waals surface area contributed by atoms with Crippen LogP contribution in [0.25, 0.3) is 0 Å². The van der Waals surface area contributed by atoms with Crippen molar-refractivity contribution in [3.05, 3.63) is 35.6 Å². The first-order valence-corrected chi connectivity index (χ1v) is 7.64. The number of nitrogens with one attached hydrogen (secondary N) is 1. The number of halogens is 1. The van der Waals surface area contributed by atoms with Crippen molar-refractivity contribution in [3.63, 3.8) is 0 Å². The van der Waals surface area contributed by atoms with Crippen LogP contribution in [0.1, 0.15) is 40.2 Å². The third kappa shape index (κ3) is 6.89. The summed E-state index contributed by atoms with van der Waals surface area (Å²) in [5.74, 6) is -0.239. The minimum atomic E-state index is -0.501. The fourth-order valence-corrected chi connectivity index (χ4v) is 1.96. The van der Waals surface area contributed by atoms with E-state index in [0.717, 1.165) is 5.56 Å². The molecule has 1 rings (SSSR count). The van der Waals surface area contributed by atoms with E-state index in [-0.39, 0.29) is 18.0 Å². The number of nitrogens with zero attached hydrogens (tertiary/aromatic N) is 1. The van der Waals surface area contributed by atoms with Gasteiger partial charge in [0.25, 0.3) is 0 Å². The normalized spacial score (nSPS) is 11.6. The van der Waals surface area contributed by atoms with E-state index in [4.69, 9.17) is 4.74 Å². The summed E-state index contributed by atoms with van der Waals surface area (Å²) < 4.78 is 18.5. The van der Waals surface area contributed by atoms with Crippen LogP contribution in [-0.4, -0.2) is 35.7 Å². The summed E-state index contributed by atoms with van der Waals surface area (Å²) in [5.41, 5.74) is 0.382. The van der Waals surface area contributed by atoms with Gasteiger partial charge in [-0.2, -0.15) is 0 Å². The van der Waals surface area contributed by atoms with Crippen LogP contribution >= 0.6 is 0 Å². The highest BCUT2D eigenvalue weighted by Crippen LogP contribution is 2.11. The molecule has 1 aromatic rings. The van der Waals surface area contributed by atoms with Crippen molar-refractivity contribution in [1.29, 1.82) is 0 Å². The van der Waals surface area contributed by atoms with Gasteiger partial charge in [0, 0.05) is 25.7 Å². The van der Waals surface area contributed by atoms with Crippen LogP contribution in [0.4, 0.5) is 9.18 Å². The maximum atomic E-state index is 13.1. The Hall–Kier alpha value is -1.62. The Morgan fingerprint density at radius 1 is 1.36 bits per heavy atom. The summed E-state index contributed by atoms with van der Waals surface area (Å²) in [6.45, 7) is 11.2. The van der Waals surface area contributed by atoms with Crippen LogP contribution in [-0.2, 0) is 11.3 Å². The minimum absolute atomic E-state index is 0.0609. The predicted molar refractivity (Wildman–Crippen MR) is 86.2 cm³/mol. The molecule has 1 amide bonds. The molecule has 0 atom stereocenters. The highest BCUT2D eigenvalue weighted by atomic mass is 19.1. The molecule has 5 heteroatoms. The quantitative estimate of drug-likeness (QED) is 0.817. The first kappa shape index (κ1) is 18.4. The summed E-state index contributed by atoms with van der Waals surface area (Å²) in [7, 11) is 0. The van der Waals surface area contributed by atoms with Gasteiger partial charge in [0.05, 0.1) is 0 Å². The second-order valence-electron chi connectivity index (χ2n) is 6.57. The van der Waals surface area contributed by atoms with Gasteiger partial charge in [-0.25, -0.2) is 9.18 Å². The fraction of sp³-hybridized carbons (Fsp3) is 0.588. The molecule has 124 valence electrons. The van der Waals surface area contributed by atoms with Crippen LogP contribution < -0.4 is 5.32 Å². The zero-order valence-corrected chi connectivity index (χ0v) is 14.1. The zero-order chi connectivity index (χ0) is 16.8. The van der Waals surface area contributed by atoms with Crippen molar-refractivity contribution >= 4 is 6.09 Å². The lowest BCUT2D eigenvalue weighted by Crippen LogP contribution is -2.44. The molecule has 22 heavy (non-hydrogen) atoms. The lowest BCUT2D eigenvalue weighted by molar-refractivity contribution is 0.0193. The third-order valence-corrected chi connectivity index (χ3v) is 3.00. The monoisotopic (exact) mass is 310 g/mol. The summed E-state index contributed by atoms with van der Waals surface area (Å²) in [5, 5.41) is 3.22. The molecule has 0 unspecified atom stereocenters. The first-order chi connectivity index (χ1) is 10.2. The number of rotatable bonds is 6. The standard InChI is InChI=1S/C17H27FN2O2/c1-13(2)20(16(21)22-17(3,4)5)10-9-19-12-14-7-6-8-15(18)11-14/h6-8,11,13,19H,9-10,12H2,1-5H3. The molecular weight excluding hydrogens is 283 g/mol. The smallest absolute Gasteiger partial charge is 0.410 e. The fourth-order valence-electron chi connectivity index (χ4n) is 1.96. The molecule has 4 nitrogen and oxygen atoms in total. The summed E-state index contributed by atoms with van der Waals surface area (Å²) >= 11 is 0. The van der Waals surface area contributed by atoms with E-state index in [1.54, 1.807) is 11.0 Å². The summed E-state index contributed by atoms with van der Waals surface area (Å²) in [6.07, 6.45) is -0.310. The molecule has 0 heterocycles. The molecule has 0 aromatic heterocycles. The molecule has 0 aliphatic heterocycles. The Morgan fingerprint density at radius 2 is 2.05 bits per heavy atom. The lowest BCUT2D eigenvalue weighted by Gasteiger charge is -2.30. The maximum Gasteiger partial charge on any atom is 0.410 e. The average molecular weight is 310 g/mol. The Morgan fingerprint density at radius 3 is 2.59 bits per heavy atom. The molecule has 0 bridgehead atoms. The molecule has 1 N–H and O–H groups in total. The third-order valence-electron chi connectivity index (χ3n) is 3.00. The van der Waals surface area contributed by atoms with E-state index < -0.39 is 5.60 Å². The van der Waals surface area contributed by atoms with E-state index in [0.29, 0.717) is 19.6 Å². The Balaban J connectivity index is 2.43. The molecule has 1 aromatic carbocycles. The van der Waals surface area contributed by atoms with Crippen LogP contribution in [0.3, 0.4) is 0 Å². The molecule has 0 radical (unpaired) electrons. The van der Waals surface area contributed by atoms with Gasteiger partial charge in [0.15, 0.2) is 0 Å². The molecule has 0 saturated carbocycles. The molecule has 0 aliphatic rings. The Kier molecular flexibility index (Phi) is 6.81. The first-order valence-electron chi connectivity index (χ1n) is 7.64. The van der Waals surface area contributed by atoms with Crippen LogP contribution in [0.5, 0.6) is 0 Å². The number of carbonyl (C=O) groups is 1. The van der Waals surface area contributed by atoms with Gasteiger partial charge in [-0.15, -0.1) is 0 Å². The van der Waals surface area contributed by atoms with Gasteiger partial charge in [0.2, 0.25) is 0 Å². The topological polar surface area (TPSA) is 41.6 Å². The van der Waals surface area contributed by atoms with Crippen molar-refractivity contribution in [1.82, 2.24) is 10.2 Å². The second-order valence-corrected chi connectivity index (χ2v) is 6.57. The van der Waals surface area contributed by atoms with Gasteiger partial charge >= 0.3 is 6.09 Å². The predicted octanol–water partition coefficient (Wildman–Crippen LogP) is 3.56. The van der Waals surface area contributed by atoms with Crippen LogP contribution in [0, 0.1) is 5.82 Å². The SMILES string of the molecule is CC(C)N(CCNCc1cccc(F)c1)C(=O)OC(C)(C)C. The van der Waals surface area contributed by atoms with Gasteiger partial charge in [-0.1, -0.05) is 12.1 Å². The minimum Gasteiger partial charge on any atom is -0.444 e. The molecule has 0 fully saturated rings. The van der Waals surface area contributed by atoms with Crippen molar-refractivity contribution in [3.8, 4) is 0 Å². The van der Waals surface area contributed by atoms with E-state index in [1.165, 1.54) is 12.1 Å². The number of ether oxygens (including phenoxy) is 1. The Bertz CT molecular complexity index is 484. The summed E-state index contributed by atoms with van der Waals surface area (Å²) in [6, 6.07) is 6.54. The van der Waals surface area contributed by atoms with Gasteiger partial charge in [-0.3, -0.25) is 0 Å². The largest absolute Gasteiger partial charge is 0.444 e. The van der Waals surface area contributed by atoms with E-state index in [1.807, 2.05) is 40.7 Å². The number of hydrogen-bond acceptors (Lipinski definition) is 3. The van der Waals surface area contributed by atoms with Crippen molar-refractivity contribution in [2.24, 2.45) is 0 Å². The zero-order valence-electron chi connectivity index (χ0n) is 14.1. The second kappa shape index (κ2) is 8.13. The molecule has 0 saturated heterocycles. The molecule has 0 aliphatic carbocycles. The number of benzene rings is 1. The van der Waals surface area contributed by atoms with Crippen molar-refractivity contribution in [2.75, 3.05) is 13.1 Å². The van der Waals surface area contributed by atoms with Gasteiger partial charge in [-0.05, 0) is 52.3 Å². The van der Waals surface area contributed by atoms with Gasteiger partial charge < -0.3 is 15.0 Å². The Labute approximate surface area is 132 Å². The van der Waals surface area contributed by atoms with Crippen molar-refractivity contribution < 1.29 is 13.9 Å². The highest BCUT2D eigenvalue weighted by molar-refractivity contribution is 5.68. The van der Waals surface area contributed by atoms with E-state index in [2.05, 4.69) is 5.32 Å².